The maximum atomic E-state index is 12.3. The van der Waals surface area contributed by atoms with E-state index in [4.69, 9.17) is 4.74 Å². The summed E-state index contributed by atoms with van der Waals surface area (Å²) in [6, 6.07) is 0.0460. The summed E-state index contributed by atoms with van der Waals surface area (Å²) in [5.41, 5.74) is 0.960. The molecule has 0 bridgehead atoms. The highest BCUT2D eigenvalue weighted by atomic mass is 16.5. The highest BCUT2D eigenvalue weighted by Gasteiger charge is 2.37. The fourth-order valence-electron chi connectivity index (χ4n) is 2.96. The van der Waals surface area contributed by atoms with Gasteiger partial charge >= 0.3 is 0 Å². The van der Waals surface area contributed by atoms with E-state index in [0.717, 1.165) is 12.1 Å². The molecule has 2 aromatic rings. The second-order valence-corrected chi connectivity index (χ2v) is 5.32. The van der Waals surface area contributed by atoms with Crippen LogP contribution < -0.4 is 0 Å². The van der Waals surface area contributed by atoms with Gasteiger partial charge in [0.05, 0.1) is 36.8 Å². The van der Waals surface area contributed by atoms with E-state index in [9.17, 15) is 4.79 Å². The number of carbonyl (C=O) groups is 1. The van der Waals surface area contributed by atoms with E-state index in [1.165, 1.54) is 4.68 Å². The average molecular weight is 289 g/mol. The molecule has 0 aliphatic carbocycles. The number of piperidine rings is 1. The average Bonchev–Trinajstić information content (AvgIpc) is 3.17. The van der Waals surface area contributed by atoms with Crippen molar-refractivity contribution in [2.24, 2.45) is 0 Å². The zero-order valence-electron chi connectivity index (χ0n) is 11.4. The van der Waals surface area contributed by atoms with Crippen molar-refractivity contribution < 1.29 is 9.53 Å². The van der Waals surface area contributed by atoms with Gasteiger partial charge in [-0.3, -0.25) is 4.79 Å². The molecule has 4 heterocycles. The van der Waals surface area contributed by atoms with Crippen LogP contribution >= 0.6 is 0 Å². The van der Waals surface area contributed by atoms with Crippen LogP contribution in [0.25, 0.3) is 0 Å². The molecule has 2 aromatic heterocycles. The molecule has 0 unspecified atom stereocenters. The molecule has 1 fully saturated rings. The minimum Gasteiger partial charge on any atom is -0.370 e. The Kier molecular flexibility index (Phi) is 2.92. The van der Waals surface area contributed by atoms with Crippen LogP contribution in [-0.4, -0.2) is 60.0 Å². The third-order valence-electron chi connectivity index (χ3n) is 4.05. The number of hydrogen-bond acceptors (Lipinski definition) is 6. The maximum absolute atomic E-state index is 12.3. The van der Waals surface area contributed by atoms with Crippen molar-refractivity contribution >= 4 is 5.91 Å². The fourth-order valence-corrected chi connectivity index (χ4v) is 2.96. The second-order valence-electron chi connectivity index (χ2n) is 5.32. The van der Waals surface area contributed by atoms with E-state index in [2.05, 4.69) is 20.6 Å². The molecule has 2 atom stereocenters. The van der Waals surface area contributed by atoms with Crippen LogP contribution in [0, 0.1) is 0 Å². The minimum atomic E-state index is 0.0335. The van der Waals surface area contributed by atoms with Crippen LogP contribution in [0.5, 0.6) is 0 Å². The zero-order chi connectivity index (χ0) is 14.2. The lowest BCUT2D eigenvalue weighted by Crippen LogP contribution is -2.50. The number of likely N-dealkylation sites (tertiary alicyclic amines) is 1. The van der Waals surface area contributed by atoms with Gasteiger partial charge in [0.25, 0.3) is 0 Å². The monoisotopic (exact) mass is 289 g/mol. The van der Waals surface area contributed by atoms with Crippen molar-refractivity contribution in [3.8, 4) is 0 Å². The molecule has 9 nitrogen and oxygen atoms in total. The van der Waals surface area contributed by atoms with Crippen LogP contribution in [0.4, 0.5) is 0 Å². The van der Waals surface area contributed by atoms with Gasteiger partial charge in [-0.25, -0.2) is 9.36 Å². The quantitative estimate of drug-likeness (QED) is 0.722. The Morgan fingerprint density at radius 3 is 3.19 bits per heavy atom. The number of carbonyl (C=O) groups excluding carboxylic acids is 1. The lowest BCUT2D eigenvalue weighted by Gasteiger charge is -2.40. The van der Waals surface area contributed by atoms with E-state index in [1.54, 1.807) is 18.6 Å². The zero-order valence-corrected chi connectivity index (χ0v) is 11.4. The Morgan fingerprint density at radius 1 is 1.38 bits per heavy atom. The summed E-state index contributed by atoms with van der Waals surface area (Å²) >= 11 is 0. The molecule has 0 spiro atoms. The first-order valence-corrected chi connectivity index (χ1v) is 6.94. The summed E-state index contributed by atoms with van der Waals surface area (Å²) in [5, 5.41) is 15.6. The molecule has 21 heavy (non-hydrogen) atoms. The van der Waals surface area contributed by atoms with Crippen molar-refractivity contribution in [1.29, 1.82) is 0 Å². The first kappa shape index (κ1) is 12.5. The summed E-state index contributed by atoms with van der Waals surface area (Å²) in [6.07, 6.45) is 5.88. The normalized spacial score (nSPS) is 24.5. The van der Waals surface area contributed by atoms with Gasteiger partial charge in [-0.2, -0.15) is 0 Å². The van der Waals surface area contributed by atoms with E-state index in [0.29, 0.717) is 19.7 Å². The Morgan fingerprint density at radius 2 is 2.33 bits per heavy atom. The van der Waals surface area contributed by atoms with E-state index >= 15 is 0 Å². The Balaban J connectivity index is 1.49. The minimum absolute atomic E-state index is 0.0335. The molecule has 4 rings (SSSR count). The van der Waals surface area contributed by atoms with Crippen molar-refractivity contribution in [1.82, 2.24) is 34.9 Å². The van der Waals surface area contributed by atoms with E-state index in [1.807, 2.05) is 9.58 Å². The van der Waals surface area contributed by atoms with Crippen LogP contribution in [-0.2, 0) is 22.7 Å². The van der Waals surface area contributed by atoms with Crippen molar-refractivity contribution in [2.45, 2.75) is 31.7 Å². The third kappa shape index (κ3) is 2.19. The van der Waals surface area contributed by atoms with Crippen molar-refractivity contribution in [2.75, 3.05) is 13.1 Å². The summed E-state index contributed by atoms with van der Waals surface area (Å²) in [7, 11) is 0. The smallest absolute Gasteiger partial charge is 0.244 e. The third-order valence-corrected chi connectivity index (χ3v) is 4.05. The molecule has 1 amide bonds. The first-order chi connectivity index (χ1) is 10.3. The molecule has 110 valence electrons. The predicted molar refractivity (Wildman–Crippen MR) is 68.9 cm³/mol. The van der Waals surface area contributed by atoms with Crippen LogP contribution in [0.2, 0.25) is 0 Å². The highest BCUT2D eigenvalue weighted by molar-refractivity contribution is 5.76. The highest BCUT2D eigenvalue weighted by Crippen LogP contribution is 2.29. The molecular weight excluding hydrogens is 274 g/mol. The van der Waals surface area contributed by atoms with Gasteiger partial charge in [0.1, 0.15) is 6.54 Å². The number of rotatable bonds is 2. The maximum Gasteiger partial charge on any atom is 0.244 e. The Hall–Kier alpha value is -2.29. The molecule has 9 heteroatoms. The number of aromatic nitrogens is 6. The summed E-state index contributed by atoms with van der Waals surface area (Å²) in [4.78, 5) is 14.2. The van der Waals surface area contributed by atoms with Crippen LogP contribution in [0.15, 0.2) is 18.6 Å². The topological polar surface area (TPSA) is 91.0 Å². The SMILES string of the molecule is O=C(Cn1ccnn1)N1CC[C@H]2OCc3cnnn3[C@H]2C1. The largest absolute Gasteiger partial charge is 0.370 e. The molecule has 1 saturated heterocycles. The van der Waals surface area contributed by atoms with Crippen LogP contribution in [0.3, 0.4) is 0 Å². The fraction of sp³-hybridized carbons (Fsp3) is 0.583. The molecule has 2 aliphatic heterocycles. The van der Waals surface area contributed by atoms with Gasteiger partial charge in [0, 0.05) is 19.3 Å². The lowest BCUT2D eigenvalue weighted by molar-refractivity contribution is -0.138. The second kappa shape index (κ2) is 4.92. The molecule has 0 aromatic carbocycles. The van der Waals surface area contributed by atoms with Gasteiger partial charge in [0.15, 0.2) is 0 Å². The first-order valence-electron chi connectivity index (χ1n) is 6.94. The number of amides is 1. The predicted octanol–water partition coefficient (Wildman–Crippen LogP) is -0.758. The Labute approximate surface area is 120 Å². The standard InChI is InChI=1S/C12H15N7O2/c20-12(7-18-4-2-13-15-18)17-3-1-11-10(6-17)19-9(8-21-11)5-14-16-19/h2,4-5,10-11H,1,3,6-8H2/t10-,11+/m0/s1. The van der Waals surface area contributed by atoms with E-state index in [-0.39, 0.29) is 24.6 Å². The number of hydrogen-bond donors (Lipinski definition) is 0. The number of ether oxygens (including phenoxy) is 1. The van der Waals surface area contributed by atoms with E-state index < -0.39 is 0 Å². The molecule has 0 saturated carbocycles. The molecular formula is C12H15N7O2. The van der Waals surface area contributed by atoms with Crippen LogP contribution in [0.1, 0.15) is 18.2 Å². The van der Waals surface area contributed by atoms with Gasteiger partial charge in [-0.05, 0) is 6.42 Å². The van der Waals surface area contributed by atoms with Gasteiger partial charge in [-0.15, -0.1) is 10.2 Å². The number of nitrogens with zero attached hydrogens (tertiary/aromatic N) is 7. The summed E-state index contributed by atoms with van der Waals surface area (Å²) in [6.45, 7) is 2.04. The summed E-state index contributed by atoms with van der Waals surface area (Å²) < 4.78 is 9.26. The Bertz CT molecular complexity index is 638. The summed E-state index contributed by atoms with van der Waals surface area (Å²) in [5.74, 6) is 0.0335. The molecule has 0 radical (unpaired) electrons. The van der Waals surface area contributed by atoms with Gasteiger partial charge in [0.2, 0.25) is 5.91 Å². The van der Waals surface area contributed by atoms with Gasteiger partial charge < -0.3 is 9.64 Å². The van der Waals surface area contributed by atoms with Gasteiger partial charge in [-0.1, -0.05) is 10.4 Å². The lowest BCUT2D eigenvalue weighted by atomic mass is 10.0. The van der Waals surface area contributed by atoms with Crippen molar-refractivity contribution in [3.63, 3.8) is 0 Å². The molecule has 0 N–H and O–H groups in total. The number of fused-ring (bicyclic) bond motifs is 3. The van der Waals surface area contributed by atoms with Crippen molar-refractivity contribution in [3.05, 3.63) is 24.3 Å². The molecule has 2 aliphatic rings.